The fourth-order valence-electron chi connectivity index (χ4n) is 3.13. The summed E-state index contributed by atoms with van der Waals surface area (Å²) in [5.41, 5.74) is 17.7. The summed E-state index contributed by atoms with van der Waals surface area (Å²) in [5, 5.41) is 0. The quantitative estimate of drug-likeness (QED) is 0.516. The van der Waals surface area contributed by atoms with E-state index in [-0.39, 0.29) is 0 Å². The van der Waals surface area contributed by atoms with Gasteiger partial charge in [-0.05, 0) is 35.6 Å². The molecule has 118 valence electrons. The molecule has 0 radical (unpaired) electrons. The van der Waals surface area contributed by atoms with Crippen LogP contribution in [0, 0.1) is 0 Å². The molecule has 0 spiro atoms. The monoisotopic (exact) mass is 296 g/mol. The first-order chi connectivity index (χ1) is 10.6. The van der Waals surface area contributed by atoms with Crippen molar-refractivity contribution in [3.8, 4) is 11.1 Å². The van der Waals surface area contributed by atoms with Gasteiger partial charge in [-0.15, -0.1) is 0 Å². The summed E-state index contributed by atoms with van der Waals surface area (Å²) in [4.78, 5) is 0. The highest BCUT2D eigenvalue weighted by Crippen LogP contribution is 2.39. The van der Waals surface area contributed by atoms with E-state index in [2.05, 4.69) is 26.0 Å². The lowest BCUT2D eigenvalue weighted by Crippen LogP contribution is -2.05. The highest BCUT2D eigenvalue weighted by molar-refractivity contribution is 5.84. The lowest BCUT2D eigenvalue weighted by atomic mass is 9.86. The number of benzene rings is 2. The summed E-state index contributed by atoms with van der Waals surface area (Å²) in [6.45, 7) is 4.51. The van der Waals surface area contributed by atoms with E-state index in [0.717, 1.165) is 28.9 Å². The largest absolute Gasteiger partial charge is 0.398 e. The van der Waals surface area contributed by atoms with Gasteiger partial charge in [-0.25, -0.2) is 0 Å². The van der Waals surface area contributed by atoms with E-state index in [4.69, 9.17) is 11.5 Å². The van der Waals surface area contributed by atoms with E-state index in [1.165, 1.54) is 31.2 Å². The Morgan fingerprint density at radius 2 is 1.55 bits per heavy atom. The normalized spacial score (nSPS) is 12.3. The molecule has 2 heteroatoms. The van der Waals surface area contributed by atoms with E-state index in [1.54, 1.807) is 0 Å². The Morgan fingerprint density at radius 1 is 0.864 bits per heavy atom. The van der Waals surface area contributed by atoms with Crippen LogP contribution in [0.5, 0.6) is 0 Å². The van der Waals surface area contributed by atoms with E-state index in [1.807, 2.05) is 30.3 Å². The summed E-state index contributed by atoms with van der Waals surface area (Å²) < 4.78 is 0. The predicted molar refractivity (Wildman–Crippen MR) is 97.9 cm³/mol. The molecular formula is C20H28N2. The van der Waals surface area contributed by atoms with Crippen molar-refractivity contribution >= 4 is 11.4 Å². The van der Waals surface area contributed by atoms with Crippen molar-refractivity contribution in [2.45, 2.75) is 51.9 Å². The van der Waals surface area contributed by atoms with Crippen LogP contribution in [0.2, 0.25) is 0 Å². The van der Waals surface area contributed by atoms with Gasteiger partial charge in [-0.1, -0.05) is 69.9 Å². The van der Waals surface area contributed by atoms with Crippen LogP contribution in [-0.4, -0.2) is 0 Å². The molecule has 1 unspecified atom stereocenters. The molecule has 1 atom stereocenters. The molecule has 0 aliphatic heterocycles. The molecule has 0 saturated heterocycles. The van der Waals surface area contributed by atoms with Crippen LogP contribution in [0.1, 0.15) is 57.4 Å². The third-order valence-electron chi connectivity index (χ3n) is 4.36. The first-order valence-corrected chi connectivity index (χ1v) is 8.38. The standard InChI is InChI=1S/C20H28N2/c1-3-4-5-7-10-15(2)19-17(21)13-14-18(22)20(19)16-11-8-6-9-12-16/h6,8-9,11-15H,3-5,7,10,21-22H2,1-2H3. The molecule has 22 heavy (non-hydrogen) atoms. The molecule has 2 aromatic carbocycles. The summed E-state index contributed by atoms with van der Waals surface area (Å²) in [6.07, 6.45) is 6.28. The Balaban J connectivity index is 2.32. The number of hydrogen-bond acceptors (Lipinski definition) is 2. The van der Waals surface area contributed by atoms with Crippen molar-refractivity contribution in [1.29, 1.82) is 0 Å². The number of hydrogen-bond donors (Lipinski definition) is 2. The van der Waals surface area contributed by atoms with Crippen molar-refractivity contribution in [3.05, 3.63) is 48.0 Å². The van der Waals surface area contributed by atoms with Gasteiger partial charge >= 0.3 is 0 Å². The summed E-state index contributed by atoms with van der Waals surface area (Å²) in [7, 11) is 0. The summed E-state index contributed by atoms with van der Waals surface area (Å²) >= 11 is 0. The predicted octanol–water partition coefficient (Wildman–Crippen LogP) is 5.59. The Bertz CT molecular complexity index is 590. The second kappa shape index (κ2) is 7.88. The number of unbranched alkanes of at least 4 members (excludes halogenated alkanes) is 3. The molecule has 0 aliphatic carbocycles. The highest BCUT2D eigenvalue weighted by atomic mass is 14.6. The zero-order chi connectivity index (χ0) is 15.9. The zero-order valence-electron chi connectivity index (χ0n) is 13.8. The number of nitrogen functional groups attached to an aromatic ring is 2. The zero-order valence-corrected chi connectivity index (χ0v) is 13.8. The molecular weight excluding hydrogens is 268 g/mol. The van der Waals surface area contributed by atoms with E-state index in [0.29, 0.717) is 5.92 Å². The molecule has 2 nitrogen and oxygen atoms in total. The van der Waals surface area contributed by atoms with E-state index < -0.39 is 0 Å². The number of anilines is 2. The first-order valence-electron chi connectivity index (χ1n) is 8.38. The van der Waals surface area contributed by atoms with Crippen molar-refractivity contribution < 1.29 is 0 Å². The van der Waals surface area contributed by atoms with Crippen LogP contribution >= 0.6 is 0 Å². The molecule has 0 bridgehead atoms. The van der Waals surface area contributed by atoms with Crippen LogP contribution in [-0.2, 0) is 0 Å². The molecule has 0 aliphatic rings. The average molecular weight is 296 g/mol. The van der Waals surface area contributed by atoms with E-state index >= 15 is 0 Å². The third kappa shape index (κ3) is 3.82. The Hall–Kier alpha value is -1.96. The van der Waals surface area contributed by atoms with Gasteiger partial charge in [0.2, 0.25) is 0 Å². The second-order valence-electron chi connectivity index (χ2n) is 6.15. The highest BCUT2D eigenvalue weighted by Gasteiger charge is 2.17. The van der Waals surface area contributed by atoms with Gasteiger partial charge in [0.15, 0.2) is 0 Å². The fraction of sp³-hybridized carbons (Fsp3) is 0.400. The van der Waals surface area contributed by atoms with Gasteiger partial charge < -0.3 is 11.5 Å². The fourth-order valence-corrected chi connectivity index (χ4v) is 3.13. The molecule has 2 rings (SSSR count). The van der Waals surface area contributed by atoms with Crippen LogP contribution in [0.4, 0.5) is 11.4 Å². The Labute approximate surface area is 134 Å². The summed E-state index contributed by atoms with van der Waals surface area (Å²) in [6, 6.07) is 14.2. The van der Waals surface area contributed by atoms with Crippen molar-refractivity contribution in [2.24, 2.45) is 0 Å². The smallest absolute Gasteiger partial charge is 0.0398 e. The average Bonchev–Trinajstić information content (AvgIpc) is 2.54. The maximum absolute atomic E-state index is 6.30. The minimum Gasteiger partial charge on any atom is -0.398 e. The third-order valence-corrected chi connectivity index (χ3v) is 4.36. The number of nitrogens with two attached hydrogens (primary N) is 2. The minimum atomic E-state index is 0.426. The van der Waals surface area contributed by atoms with Crippen molar-refractivity contribution in [2.75, 3.05) is 11.5 Å². The summed E-state index contributed by atoms with van der Waals surface area (Å²) in [5.74, 6) is 0.426. The molecule has 0 aromatic heterocycles. The minimum absolute atomic E-state index is 0.426. The van der Waals surface area contributed by atoms with Gasteiger partial charge in [0.05, 0.1) is 0 Å². The van der Waals surface area contributed by atoms with Gasteiger partial charge in [0, 0.05) is 16.9 Å². The van der Waals surface area contributed by atoms with Crippen molar-refractivity contribution in [1.82, 2.24) is 0 Å². The molecule has 0 saturated carbocycles. The Morgan fingerprint density at radius 3 is 2.23 bits per heavy atom. The molecule has 4 N–H and O–H groups in total. The maximum atomic E-state index is 6.30. The van der Waals surface area contributed by atoms with Gasteiger partial charge in [0.1, 0.15) is 0 Å². The SMILES string of the molecule is CCCCCCC(C)c1c(N)ccc(N)c1-c1ccccc1. The van der Waals surface area contributed by atoms with E-state index in [9.17, 15) is 0 Å². The topological polar surface area (TPSA) is 52.0 Å². The second-order valence-corrected chi connectivity index (χ2v) is 6.15. The van der Waals surface area contributed by atoms with Crippen LogP contribution in [0.15, 0.2) is 42.5 Å². The Kier molecular flexibility index (Phi) is 5.88. The number of rotatable bonds is 7. The van der Waals surface area contributed by atoms with Crippen molar-refractivity contribution in [3.63, 3.8) is 0 Å². The molecule has 0 amide bonds. The van der Waals surface area contributed by atoms with Gasteiger partial charge in [-0.2, -0.15) is 0 Å². The molecule has 2 aromatic rings. The van der Waals surface area contributed by atoms with Crippen LogP contribution < -0.4 is 11.5 Å². The lowest BCUT2D eigenvalue weighted by Gasteiger charge is -2.21. The lowest BCUT2D eigenvalue weighted by molar-refractivity contribution is 0.581. The van der Waals surface area contributed by atoms with Crippen LogP contribution in [0.3, 0.4) is 0 Å². The molecule has 0 fully saturated rings. The van der Waals surface area contributed by atoms with Gasteiger partial charge in [0.25, 0.3) is 0 Å². The first kappa shape index (κ1) is 16.4. The molecule has 0 heterocycles. The van der Waals surface area contributed by atoms with Gasteiger partial charge in [-0.3, -0.25) is 0 Å². The maximum Gasteiger partial charge on any atom is 0.0398 e. The van der Waals surface area contributed by atoms with Crippen LogP contribution in [0.25, 0.3) is 11.1 Å².